The number of carbonyl (C=O) groups is 1. The molecule has 1 rings (SSSR count). The van der Waals surface area contributed by atoms with Crippen LogP contribution < -0.4 is 5.73 Å². The van der Waals surface area contributed by atoms with Crippen LogP contribution in [0.2, 0.25) is 5.02 Å². The number of rotatable bonds is 2. The van der Waals surface area contributed by atoms with E-state index in [0.29, 0.717) is 22.8 Å². The molecule has 0 aromatic carbocycles. The van der Waals surface area contributed by atoms with Crippen molar-refractivity contribution in [2.24, 2.45) is 0 Å². The van der Waals surface area contributed by atoms with Crippen LogP contribution in [0.15, 0.2) is 12.3 Å². The number of anilines is 1. The first kappa shape index (κ1) is 9.00. The average molecular weight is 185 g/mol. The Labute approximate surface area is 75.6 Å². The Bertz CT molecular complexity index is 312. The zero-order chi connectivity index (χ0) is 9.14. The third-order valence-corrected chi connectivity index (χ3v) is 1.74. The van der Waals surface area contributed by atoms with E-state index in [1.54, 1.807) is 6.92 Å². The number of ketones is 1. The molecule has 3 nitrogen and oxygen atoms in total. The second kappa shape index (κ2) is 3.54. The van der Waals surface area contributed by atoms with Crippen molar-refractivity contribution < 1.29 is 4.79 Å². The molecule has 12 heavy (non-hydrogen) atoms. The van der Waals surface area contributed by atoms with Gasteiger partial charge in [-0.1, -0.05) is 18.5 Å². The molecular formula is C8H9ClN2O. The molecule has 0 spiro atoms. The number of nitrogen functional groups attached to an aromatic ring is 1. The van der Waals surface area contributed by atoms with Crippen LogP contribution in [0.5, 0.6) is 0 Å². The Morgan fingerprint density at radius 1 is 1.75 bits per heavy atom. The number of aromatic nitrogens is 1. The van der Waals surface area contributed by atoms with Gasteiger partial charge in [-0.2, -0.15) is 0 Å². The van der Waals surface area contributed by atoms with Crippen molar-refractivity contribution in [3.63, 3.8) is 0 Å². The van der Waals surface area contributed by atoms with Gasteiger partial charge in [0.05, 0.1) is 16.9 Å². The predicted molar refractivity (Wildman–Crippen MR) is 48.3 cm³/mol. The zero-order valence-corrected chi connectivity index (χ0v) is 7.43. The highest BCUT2D eigenvalue weighted by Gasteiger charge is 2.09. The SMILES string of the molecule is CCC(=O)c1ncc(N)cc1Cl. The number of nitrogens with two attached hydrogens (primary N) is 1. The first-order chi connectivity index (χ1) is 5.65. The smallest absolute Gasteiger partial charge is 0.182 e. The molecule has 0 atom stereocenters. The fraction of sp³-hybridized carbons (Fsp3) is 0.250. The van der Waals surface area contributed by atoms with Crippen LogP contribution in [-0.2, 0) is 0 Å². The van der Waals surface area contributed by atoms with Crippen LogP contribution in [0, 0.1) is 0 Å². The van der Waals surface area contributed by atoms with E-state index in [0.717, 1.165) is 0 Å². The first-order valence-electron chi connectivity index (χ1n) is 3.59. The maximum Gasteiger partial charge on any atom is 0.182 e. The van der Waals surface area contributed by atoms with Crippen LogP contribution in [0.1, 0.15) is 23.8 Å². The van der Waals surface area contributed by atoms with E-state index >= 15 is 0 Å². The molecule has 2 N–H and O–H groups in total. The topological polar surface area (TPSA) is 56.0 Å². The molecule has 0 bridgehead atoms. The van der Waals surface area contributed by atoms with E-state index in [2.05, 4.69) is 4.98 Å². The number of nitrogens with zero attached hydrogens (tertiary/aromatic N) is 1. The van der Waals surface area contributed by atoms with Crippen molar-refractivity contribution >= 4 is 23.1 Å². The van der Waals surface area contributed by atoms with Gasteiger partial charge >= 0.3 is 0 Å². The number of pyridine rings is 1. The Kier molecular flexibility index (Phi) is 2.65. The third-order valence-electron chi connectivity index (χ3n) is 1.45. The van der Waals surface area contributed by atoms with E-state index in [1.807, 2.05) is 0 Å². The van der Waals surface area contributed by atoms with Gasteiger partial charge in [0.2, 0.25) is 0 Å². The van der Waals surface area contributed by atoms with Gasteiger partial charge in [0.25, 0.3) is 0 Å². The quantitative estimate of drug-likeness (QED) is 0.715. The van der Waals surface area contributed by atoms with Gasteiger partial charge in [-0.25, -0.2) is 4.98 Å². The Balaban J connectivity index is 3.09. The lowest BCUT2D eigenvalue weighted by atomic mass is 10.2. The van der Waals surface area contributed by atoms with E-state index < -0.39 is 0 Å². The first-order valence-corrected chi connectivity index (χ1v) is 3.97. The van der Waals surface area contributed by atoms with E-state index in [1.165, 1.54) is 12.3 Å². The highest BCUT2D eigenvalue weighted by atomic mass is 35.5. The predicted octanol–water partition coefficient (Wildman–Crippen LogP) is 1.91. The molecule has 0 amide bonds. The molecule has 1 heterocycles. The van der Waals surface area contributed by atoms with Crippen LogP contribution in [0.25, 0.3) is 0 Å². The van der Waals surface area contributed by atoms with Crippen molar-refractivity contribution in [1.82, 2.24) is 4.98 Å². The molecular weight excluding hydrogens is 176 g/mol. The van der Waals surface area contributed by atoms with Crippen molar-refractivity contribution in [2.45, 2.75) is 13.3 Å². The summed E-state index contributed by atoms with van der Waals surface area (Å²) in [5.41, 5.74) is 6.18. The number of Topliss-reactive ketones (excluding diaryl/α,β-unsaturated/α-hetero) is 1. The van der Waals surface area contributed by atoms with Crippen LogP contribution >= 0.6 is 11.6 Å². The van der Waals surface area contributed by atoms with Gasteiger partial charge in [0, 0.05) is 6.42 Å². The molecule has 4 heteroatoms. The third kappa shape index (κ3) is 1.74. The second-order valence-electron chi connectivity index (χ2n) is 2.38. The molecule has 0 saturated heterocycles. The summed E-state index contributed by atoms with van der Waals surface area (Å²) in [6, 6.07) is 1.53. The number of halogens is 1. The summed E-state index contributed by atoms with van der Waals surface area (Å²) in [4.78, 5) is 15.0. The largest absolute Gasteiger partial charge is 0.397 e. The summed E-state index contributed by atoms with van der Waals surface area (Å²) in [7, 11) is 0. The highest BCUT2D eigenvalue weighted by molar-refractivity contribution is 6.33. The summed E-state index contributed by atoms with van der Waals surface area (Å²) in [6.45, 7) is 1.76. The lowest BCUT2D eigenvalue weighted by Gasteiger charge is -2.00. The van der Waals surface area contributed by atoms with Gasteiger partial charge < -0.3 is 5.73 Å². The minimum atomic E-state index is -0.0694. The monoisotopic (exact) mass is 184 g/mol. The van der Waals surface area contributed by atoms with Gasteiger partial charge in [-0.15, -0.1) is 0 Å². The Morgan fingerprint density at radius 3 is 2.92 bits per heavy atom. The molecule has 64 valence electrons. The van der Waals surface area contributed by atoms with Crippen molar-refractivity contribution in [3.8, 4) is 0 Å². The summed E-state index contributed by atoms with van der Waals surface area (Å²) in [5, 5.41) is 0.321. The standard InChI is InChI=1S/C8H9ClN2O/c1-2-7(12)8-6(9)3-5(10)4-11-8/h3-4H,2,10H2,1H3. The molecule has 0 saturated carbocycles. The maximum absolute atomic E-state index is 11.2. The molecule has 0 aliphatic rings. The molecule has 1 aromatic heterocycles. The molecule has 0 unspecified atom stereocenters. The summed E-state index contributed by atoms with van der Waals surface area (Å²) < 4.78 is 0. The zero-order valence-electron chi connectivity index (χ0n) is 6.67. The second-order valence-corrected chi connectivity index (χ2v) is 2.78. The highest BCUT2D eigenvalue weighted by Crippen LogP contribution is 2.17. The minimum absolute atomic E-state index is 0.0694. The number of carbonyl (C=O) groups excluding carboxylic acids is 1. The van der Waals surface area contributed by atoms with E-state index in [4.69, 9.17) is 17.3 Å². The minimum Gasteiger partial charge on any atom is -0.397 e. The maximum atomic E-state index is 11.2. The van der Waals surface area contributed by atoms with Crippen molar-refractivity contribution in [3.05, 3.63) is 23.0 Å². The van der Waals surface area contributed by atoms with E-state index in [9.17, 15) is 4.79 Å². The summed E-state index contributed by atoms with van der Waals surface area (Å²) >= 11 is 5.74. The van der Waals surface area contributed by atoms with Gasteiger partial charge in [0.15, 0.2) is 5.78 Å². The van der Waals surface area contributed by atoms with Crippen LogP contribution in [-0.4, -0.2) is 10.8 Å². The average Bonchev–Trinajstić information content (AvgIpc) is 2.03. The van der Waals surface area contributed by atoms with Crippen LogP contribution in [0.4, 0.5) is 5.69 Å². The fourth-order valence-corrected chi connectivity index (χ4v) is 1.11. The van der Waals surface area contributed by atoms with Gasteiger partial charge in [-0.3, -0.25) is 4.79 Å². The lowest BCUT2D eigenvalue weighted by molar-refractivity contribution is 0.0983. The van der Waals surface area contributed by atoms with Crippen molar-refractivity contribution in [2.75, 3.05) is 5.73 Å². The Hall–Kier alpha value is -1.09. The van der Waals surface area contributed by atoms with Crippen molar-refractivity contribution in [1.29, 1.82) is 0 Å². The fourth-order valence-electron chi connectivity index (χ4n) is 0.825. The van der Waals surface area contributed by atoms with Crippen LogP contribution in [0.3, 0.4) is 0 Å². The lowest BCUT2D eigenvalue weighted by Crippen LogP contribution is -2.02. The van der Waals surface area contributed by atoms with Gasteiger partial charge in [-0.05, 0) is 6.07 Å². The summed E-state index contributed by atoms with van der Waals surface area (Å²) in [5.74, 6) is -0.0694. The number of hydrogen-bond acceptors (Lipinski definition) is 3. The number of hydrogen-bond donors (Lipinski definition) is 1. The van der Waals surface area contributed by atoms with Gasteiger partial charge in [0.1, 0.15) is 5.69 Å². The molecule has 0 radical (unpaired) electrons. The molecule has 0 aliphatic carbocycles. The summed E-state index contributed by atoms with van der Waals surface area (Å²) in [6.07, 6.45) is 1.82. The molecule has 0 aliphatic heterocycles. The van der Waals surface area contributed by atoms with E-state index in [-0.39, 0.29) is 5.78 Å². The Morgan fingerprint density at radius 2 is 2.42 bits per heavy atom. The normalized spacial score (nSPS) is 9.83. The molecule has 0 fully saturated rings. The molecule has 1 aromatic rings.